The number of thioether (sulfide) groups is 2. The third kappa shape index (κ3) is 2.78. The smallest absolute Gasteiger partial charge is 0.360 e. The van der Waals surface area contributed by atoms with Crippen LogP contribution in [-0.4, -0.2) is 55.1 Å². The Kier molecular flexibility index (Phi) is 4.29. The van der Waals surface area contributed by atoms with Crippen LogP contribution in [0.4, 0.5) is 5.82 Å². The first-order valence-electron chi connectivity index (χ1n) is 6.12. The quantitative estimate of drug-likeness (QED) is 0.776. The molecule has 0 aliphatic carbocycles. The van der Waals surface area contributed by atoms with Gasteiger partial charge in [-0.15, -0.1) is 5.10 Å². The van der Waals surface area contributed by atoms with Gasteiger partial charge in [0.15, 0.2) is 5.69 Å². The third-order valence-corrected chi connectivity index (χ3v) is 4.99. The largest absolute Gasteiger partial charge is 0.464 e. The topological polar surface area (TPSA) is 134 Å². The summed E-state index contributed by atoms with van der Waals surface area (Å²) in [7, 11) is 1.28. The number of hydrogen-bond donors (Lipinski definition) is 1. The van der Waals surface area contributed by atoms with Crippen LogP contribution in [0, 0.1) is 0 Å². The Bertz CT molecular complexity index is 726. The second-order valence-corrected chi connectivity index (χ2v) is 6.35. The van der Waals surface area contributed by atoms with E-state index in [0.29, 0.717) is 11.4 Å². The van der Waals surface area contributed by atoms with E-state index in [-0.39, 0.29) is 17.3 Å². The van der Waals surface area contributed by atoms with Gasteiger partial charge in [0.25, 0.3) is 0 Å². The highest BCUT2D eigenvalue weighted by molar-refractivity contribution is 8.38. The second kappa shape index (κ2) is 6.36. The van der Waals surface area contributed by atoms with Crippen molar-refractivity contribution < 1.29 is 14.2 Å². The number of methoxy groups -OCH3 is 1. The molecule has 1 aliphatic rings. The van der Waals surface area contributed by atoms with Gasteiger partial charge in [-0.2, -0.15) is 4.68 Å². The summed E-state index contributed by atoms with van der Waals surface area (Å²) in [6, 6.07) is 0. The first kappa shape index (κ1) is 14.8. The molecule has 22 heavy (non-hydrogen) atoms. The van der Waals surface area contributed by atoms with E-state index in [1.165, 1.54) is 23.6 Å². The van der Waals surface area contributed by atoms with Gasteiger partial charge >= 0.3 is 5.97 Å². The predicted octanol–water partition coefficient (Wildman–Crippen LogP) is 0.355. The average Bonchev–Trinajstić information content (AvgIpc) is 3.24. The molecule has 0 saturated carbocycles. The molecule has 0 spiro atoms. The molecule has 3 rings (SSSR count). The van der Waals surface area contributed by atoms with Crippen LogP contribution in [0.1, 0.15) is 16.2 Å². The molecule has 2 aromatic heterocycles. The lowest BCUT2D eigenvalue weighted by Crippen LogP contribution is -2.09. The highest BCUT2D eigenvalue weighted by Gasteiger charge is 2.25. The number of nitrogens with zero attached hydrogens (tertiary/aromatic N) is 6. The number of carbonyl (C=O) groups excluding carboxylic acids is 1. The molecule has 2 N–H and O–H groups in total. The fraction of sp³-hybridized carbons (Fsp3) is 0.400. The van der Waals surface area contributed by atoms with Gasteiger partial charge in [0.05, 0.1) is 19.3 Å². The molecule has 0 saturated heterocycles. The molecule has 0 amide bonds. The minimum atomic E-state index is -0.585. The summed E-state index contributed by atoms with van der Waals surface area (Å²) in [5.74, 6) is 1.02. The Morgan fingerprint density at radius 1 is 1.55 bits per heavy atom. The van der Waals surface area contributed by atoms with Crippen molar-refractivity contribution in [2.75, 3.05) is 25.1 Å². The van der Waals surface area contributed by atoms with E-state index in [1.54, 1.807) is 11.8 Å². The van der Waals surface area contributed by atoms with Crippen molar-refractivity contribution in [2.24, 2.45) is 4.99 Å². The molecule has 116 valence electrons. The molecule has 0 aromatic carbocycles. The molecule has 10 nitrogen and oxygen atoms in total. The zero-order chi connectivity index (χ0) is 15.5. The Morgan fingerprint density at radius 2 is 2.41 bits per heavy atom. The lowest BCUT2D eigenvalue weighted by molar-refractivity contribution is 0.0593. The fourth-order valence-electron chi connectivity index (χ4n) is 1.73. The monoisotopic (exact) mass is 341 g/mol. The maximum atomic E-state index is 11.8. The van der Waals surface area contributed by atoms with E-state index in [4.69, 9.17) is 10.5 Å². The van der Waals surface area contributed by atoms with E-state index in [0.717, 1.165) is 16.7 Å². The van der Waals surface area contributed by atoms with E-state index >= 15 is 0 Å². The van der Waals surface area contributed by atoms with Crippen molar-refractivity contribution in [3.05, 3.63) is 11.4 Å². The highest BCUT2D eigenvalue weighted by Crippen LogP contribution is 2.27. The molecular formula is C10H11N7O3S2. The number of rotatable bonds is 4. The predicted molar refractivity (Wildman–Crippen MR) is 81.0 cm³/mol. The Balaban J connectivity index is 1.94. The lowest BCUT2D eigenvalue weighted by Gasteiger charge is -2.04. The number of ether oxygens (including phenoxy) is 1. The maximum Gasteiger partial charge on any atom is 0.360 e. The van der Waals surface area contributed by atoms with Gasteiger partial charge in [-0.1, -0.05) is 28.7 Å². The maximum absolute atomic E-state index is 11.8. The van der Waals surface area contributed by atoms with Gasteiger partial charge in [-0.25, -0.2) is 9.42 Å². The van der Waals surface area contributed by atoms with Crippen LogP contribution in [0.2, 0.25) is 0 Å². The third-order valence-electron chi connectivity index (χ3n) is 2.73. The highest BCUT2D eigenvalue weighted by atomic mass is 32.2. The number of esters is 1. The number of nitrogens with two attached hydrogens (primary N) is 1. The first-order chi connectivity index (χ1) is 10.7. The van der Waals surface area contributed by atoms with Crippen LogP contribution >= 0.6 is 23.5 Å². The zero-order valence-electron chi connectivity index (χ0n) is 11.4. The number of carbonyl (C=O) groups is 1. The van der Waals surface area contributed by atoms with Crippen molar-refractivity contribution in [3.63, 3.8) is 0 Å². The Hall–Kier alpha value is -2.08. The zero-order valence-corrected chi connectivity index (χ0v) is 13.1. The van der Waals surface area contributed by atoms with Crippen LogP contribution in [0.5, 0.6) is 0 Å². The molecule has 12 heteroatoms. The molecule has 0 fully saturated rings. The lowest BCUT2D eigenvalue weighted by atomic mass is 10.3. The molecule has 0 radical (unpaired) electrons. The van der Waals surface area contributed by atoms with E-state index in [2.05, 4.69) is 30.2 Å². The van der Waals surface area contributed by atoms with Crippen LogP contribution in [0.25, 0.3) is 5.82 Å². The SMILES string of the molecule is COC(=O)c1nnn(-c2nonc2N)c1CSC1=NCCS1. The van der Waals surface area contributed by atoms with Crippen LogP contribution in [0.15, 0.2) is 9.62 Å². The van der Waals surface area contributed by atoms with Crippen molar-refractivity contribution in [2.45, 2.75) is 5.75 Å². The fourth-order valence-corrected chi connectivity index (χ4v) is 3.73. The van der Waals surface area contributed by atoms with E-state index in [9.17, 15) is 4.79 Å². The normalized spacial score (nSPS) is 14.1. The van der Waals surface area contributed by atoms with Crippen molar-refractivity contribution >= 4 is 39.7 Å². The summed E-state index contributed by atoms with van der Waals surface area (Å²) >= 11 is 3.15. The van der Waals surface area contributed by atoms with Crippen LogP contribution in [0.3, 0.4) is 0 Å². The van der Waals surface area contributed by atoms with Crippen LogP contribution in [-0.2, 0) is 10.5 Å². The van der Waals surface area contributed by atoms with Gasteiger partial charge in [0, 0.05) is 11.5 Å². The van der Waals surface area contributed by atoms with Crippen molar-refractivity contribution in [3.8, 4) is 5.82 Å². The molecule has 3 heterocycles. The summed E-state index contributed by atoms with van der Waals surface area (Å²) in [6.45, 7) is 0.800. The molecule has 0 bridgehead atoms. The van der Waals surface area contributed by atoms with E-state index < -0.39 is 5.97 Å². The molecule has 0 atom stereocenters. The Morgan fingerprint density at radius 3 is 3.05 bits per heavy atom. The van der Waals surface area contributed by atoms with Gasteiger partial charge in [0.2, 0.25) is 11.6 Å². The summed E-state index contributed by atoms with van der Waals surface area (Å²) in [5.41, 5.74) is 6.26. The number of nitrogen functional groups attached to an aromatic ring is 1. The van der Waals surface area contributed by atoms with Gasteiger partial charge in [-0.3, -0.25) is 4.99 Å². The average molecular weight is 341 g/mol. The number of aliphatic imine (C=N–C) groups is 1. The summed E-state index contributed by atoms with van der Waals surface area (Å²) in [4.78, 5) is 16.2. The minimum absolute atomic E-state index is 0.0557. The first-order valence-corrected chi connectivity index (χ1v) is 8.09. The molecule has 0 unspecified atom stereocenters. The van der Waals surface area contributed by atoms with E-state index in [1.807, 2.05) is 0 Å². The number of anilines is 1. The second-order valence-electron chi connectivity index (χ2n) is 4.05. The molecule has 2 aromatic rings. The van der Waals surface area contributed by atoms with Gasteiger partial charge < -0.3 is 10.5 Å². The van der Waals surface area contributed by atoms with Gasteiger partial charge in [-0.05, 0) is 10.3 Å². The van der Waals surface area contributed by atoms with Crippen LogP contribution < -0.4 is 5.73 Å². The van der Waals surface area contributed by atoms with Gasteiger partial charge in [0.1, 0.15) is 4.38 Å². The molecular weight excluding hydrogens is 330 g/mol. The molecule has 1 aliphatic heterocycles. The summed E-state index contributed by atoms with van der Waals surface area (Å²) in [5, 5.41) is 14.9. The Labute approximate surface area is 132 Å². The standard InChI is InChI=1S/C10H11N7O3S2/c1-19-9(18)6-5(4-22-10-12-2-3-21-10)17(16-13-6)8-7(11)14-20-15-8/h2-4H2,1H3,(H2,11,14). The number of hydrogen-bond acceptors (Lipinski definition) is 11. The summed E-state index contributed by atoms with van der Waals surface area (Å²) in [6.07, 6.45) is 0. The number of aromatic nitrogens is 5. The van der Waals surface area contributed by atoms with Crippen molar-refractivity contribution in [1.82, 2.24) is 25.3 Å². The minimum Gasteiger partial charge on any atom is -0.464 e. The van der Waals surface area contributed by atoms with Crippen molar-refractivity contribution in [1.29, 1.82) is 0 Å². The summed E-state index contributed by atoms with van der Waals surface area (Å²) < 4.78 is 11.6.